The Morgan fingerprint density at radius 3 is 2.92 bits per heavy atom. The van der Waals surface area contributed by atoms with Gasteiger partial charge in [-0.1, -0.05) is 13.8 Å². The van der Waals surface area contributed by atoms with Crippen LogP contribution in [0.15, 0.2) is 0 Å². The molecule has 3 nitrogen and oxygen atoms in total. The van der Waals surface area contributed by atoms with Gasteiger partial charge in [-0.15, -0.1) is 0 Å². The molecule has 1 saturated heterocycles. The largest absolute Gasteiger partial charge is 0.462 e. The Bertz CT molecular complexity index is 200. The molecule has 0 unspecified atom stereocenters. The number of ether oxygens (including phenoxy) is 1. The fraction of sp³-hybridized carbons (Fsp3) is 0.800. The van der Waals surface area contributed by atoms with Gasteiger partial charge in [-0.05, 0) is 18.8 Å². The van der Waals surface area contributed by atoms with Crippen molar-refractivity contribution in [3.8, 4) is 0 Å². The second kappa shape index (κ2) is 4.40. The van der Waals surface area contributed by atoms with E-state index in [1.165, 1.54) is 0 Å². The van der Waals surface area contributed by atoms with Crippen molar-refractivity contribution in [3.63, 3.8) is 0 Å². The Morgan fingerprint density at radius 2 is 2.38 bits per heavy atom. The SMILES string of the molecule is C[C@H]1CC(=O)O[C@H](C[C@H](C)C=O)C1. The molecule has 0 radical (unpaired) electrons. The predicted molar refractivity (Wildman–Crippen MR) is 48.1 cm³/mol. The fourth-order valence-electron chi connectivity index (χ4n) is 1.71. The quantitative estimate of drug-likeness (QED) is 0.493. The van der Waals surface area contributed by atoms with Gasteiger partial charge in [0.25, 0.3) is 0 Å². The Kier molecular flexibility index (Phi) is 3.46. The minimum absolute atomic E-state index is 0.0110. The lowest BCUT2D eigenvalue weighted by molar-refractivity contribution is -0.157. The predicted octanol–water partition coefficient (Wildman–Crippen LogP) is 1.55. The third-order valence-corrected chi connectivity index (χ3v) is 2.35. The van der Waals surface area contributed by atoms with Gasteiger partial charge in [0.1, 0.15) is 12.4 Å². The number of aldehydes is 1. The highest BCUT2D eigenvalue weighted by molar-refractivity contribution is 5.70. The highest BCUT2D eigenvalue weighted by Gasteiger charge is 2.26. The van der Waals surface area contributed by atoms with Crippen molar-refractivity contribution in [1.82, 2.24) is 0 Å². The smallest absolute Gasteiger partial charge is 0.306 e. The Balaban J connectivity index is 2.41. The molecule has 0 aliphatic carbocycles. The van der Waals surface area contributed by atoms with Crippen LogP contribution in [0.1, 0.15) is 33.1 Å². The monoisotopic (exact) mass is 184 g/mol. The third-order valence-electron chi connectivity index (χ3n) is 2.35. The molecule has 0 aromatic carbocycles. The summed E-state index contributed by atoms with van der Waals surface area (Å²) in [5, 5.41) is 0. The topological polar surface area (TPSA) is 43.4 Å². The van der Waals surface area contributed by atoms with E-state index in [0.717, 1.165) is 12.7 Å². The molecule has 1 fully saturated rings. The van der Waals surface area contributed by atoms with E-state index in [2.05, 4.69) is 0 Å². The molecular weight excluding hydrogens is 168 g/mol. The van der Waals surface area contributed by atoms with Crippen LogP contribution in [0.3, 0.4) is 0 Å². The summed E-state index contributed by atoms with van der Waals surface area (Å²) in [6.45, 7) is 3.89. The maximum Gasteiger partial charge on any atom is 0.306 e. The third kappa shape index (κ3) is 3.17. The molecule has 3 heteroatoms. The first-order valence-electron chi connectivity index (χ1n) is 4.76. The van der Waals surface area contributed by atoms with Crippen LogP contribution in [-0.4, -0.2) is 18.4 Å². The van der Waals surface area contributed by atoms with Crippen LogP contribution >= 0.6 is 0 Å². The summed E-state index contributed by atoms with van der Waals surface area (Å²) < 4.78 is 5.13. The lowest BCUT2D eigenvalue weighted by Gasteiger charge is -2.27. The maximum atomic E-state index is 11.0. The summed E-state index contributed by atoms with van der Waals surface area (Å²) in [4.78, 5) is 21.4. The van der Waals surface area contributed by atoms with Gasteiger partial charge in [0.15, 0.2) is 0 Å². The molecular formula is C10H16O3. The lowest BCUT2D eigenvalue weighted by Crippen LogP contribution is -2.29. The van der Waals surface area contributed by atoms with Gasteiger partial charge in [0.2, 0.25) is 0 Å². The Labute approximate surface area is 78.5 Å². The van der Waals surface area contributed by atoms with Gasteiger partial charge < -0.3 is 9.53 Å². The van der Waals surface area contributed by atoms with Crippen molar-refractivity contribution in [2.24, 2.45) is 11.8 Å². The van der Waals surface area contributed by atoms with Crippen LogP contribution in [-0.2, 0) is 14.3 Å². The van der Waals surface area contributed by atoms with Gasteiger partial charge >= 0.3 is 5.97 Å². The highest BCUT2D eigenvalue weighted by atomic mass is 16.5. The molecule has 1 rings (SSSR count). The van der Waals surface area contributed by atoms with E-state index in [1.807, 2.05) is 13.8 Å². The van der Waals surface area contributed by atoms with Gasteiger partial charge in [-0.3, -0.25) is 4.79 Å². The summed E-state index contributed by atoms with van der Waals surface area (Å²) in [7, 11) is 0. The van der Waals surface area contributed by atoms with Crippen molar-refractivity contribution in [2.45, 2.75) is 39.2 Å². The zero-order chi connectivity index (χ0) is 9.84. The van der Waals surface area contributed by atoms with Crippen LogP contribution in [0.25, 0.3) is 0 Å². The Hall–Kier alpha value is -0.860. The molecule has 0 aromatic heterocycles. The molecule has 0 N–H and O–H groups in total. The number of esters is 1. The van der Waals surface area contributed by atoms with E-state index in [-0.39, 0.29) is 18.0 Å². The number of carbonyl (C=O) groups is 2. The van der Waals surface area contributed by atoms with E-state index < -0.39 is 0 Å². The van der Waals surface area contributed by atoms with Crippen molar-refractivity contribution in [1.29, 1.82) is 0 Å². The molecule has 0 spiro atoms. The zero-order valence-electron chi connectivity index (χ0n) is 8.16. The van der Waals surface area contributed by atoms with Crippen LogP contribution in [0.5, 0.6) is 0 Å². The average molecular weight is 184 g/mol. The van der Waals surface area contributed by atoms with Crippen molar-refractivity contribution < 1.29 is 14.3 Å². The molecule has 74 valence electrons. The van der Waals surface area contributed by atoms with E-state index in [9.17, 15) is 9.59 Å². The first kappa shape index (κ1) is 10.2. The van der Waals surface area contributed by atoms with E-state index in [1.54, 1.807) is 0 Å². The van der Waals surface area contributed by atoms with Gasteiger partial charge in [-0.2, -0.15) is 0 Å². The molecule has 3 atom stereocenters. The number of cyclic esters (lactones) is 1. The van der Waals surface area contributed by atoms with Crippen LogP contribution in [0, 0.1) is 11.8 Å². The number of carbonyl (C=O) groups excluding carboxylic acids is 2. The molecule has 13 heavy (non-hydrogen) atoms. The van der Waals surface area contributed by atoms with Crippen molar-refractivity contribution in [3.05, 3.63) is 0 Å². The van der Waals surface area contributed by atoms with E-state index in [0.29, 0.717) is 18.8 Å². The summed E-state index contributed by atoms with van der Waals surface area (Å²) in [6, 6.07) is 0. The van der Waals surface area contributed by atoms with Crippen LogP contribution in [0.4, 0.5) is 0 Å². The minimum Gasteiger partial charge on any atom is -0.462 e. The highest BCUT2D eigenvalue weighted by Crippen LogP contribution is 2.24. The first-order chi connectivity index (χ1) is 6.11. The van der Waals surface area contributed by atoms with Crippen molar-refractivity contribution in [2.75, 3.05) is 0 Å². The van der Waals surface area contributed by atoms with Gasteiger partial charge in [-0.25, -0.2) is 0 Å². The summed E-state index contributed by atoms with van der Waals surface area (Å²) in [6.07, 6.45) is 2.94. The second-order valence-electron chi connectivity index (χ2n) is 4.01. The van der Waals surface area contributed by atoms with E-state index >= 15 is 0 Å². The number of hydrogen-bond donors (Lipinski definition) is 0. The average Bonchev–Trinajstić information content (AvgIpc) is 2.02. The second-order valence-corrected chi connectivity index (χ2v) is 4.01. The molecule has 1 heterocycles. The van der Waals surface area contributed by atoms with Crippen LogP contribution in [0.2, 0.25) is 0 Å². The molecule has 0 saturated carbocycles. The molecule has 0 aromatic rings. The standard InChI is InChI=1S/C10H16O3/c1-7-3-9(4-8(2)6-11)13-10(12)5-7/h6-9H,3-5H2,1-2H3/t7-,8+,9+/m1/s1. The fourth-order valence-corrected chi connectivity index (χ4v) is 1.71. The first-order valence-corrected chi connectivity index (χ1v) is 4.76. The maximum absolute atomic E-state index is 11.0. The number of rotatable bonds is 3. The minimum atomic E-state index is -0.123. The molecule has 0 amide bonds. The molecule has 0 bridgehead atoms. The summed E-state index contributed by atoms with van der Waals surface area (Å²) in [5.41, 5.74) is 0. The number of hydrogen-bond acceptors (Lipinski definition) is 3. The van der Waals surface area contributed by atoms with Crippen LogP contribution < -0.4 is 0 Å². The van der Waals surface area contributed by atoms with Gasteiger partial charge in [0, 0.05) is 12.3 Å². The normalized spacial score (nSPS) is 30.8. The Morgan fingerprint density at radius 1 is 1.69 bits per heavy atom. The zero-order valence-corrected chi connectivity index (χ0v) is 8.16. The summed E-state index contributed by atoms with van der Waals surface area (Å²) in [5.74, 6) is 0.259. The van der Waals surface area contributed by atoms with Crippen molar-refractivity contribution >= 4 is 12.3 Å². The van der Waals surface area contributed by atoms with Gasteiger partial charge in [0.05, 0.1) is 0 Å². The molecule has 1 aliphatic rings. The summed E-state index contributed by atoms with van der Waals surface area (Å²) >= 11 is 0. The van der Waals surface area contributed by atoms with E-state index in [4.69, 9.17) is 4.74 Å². The lowest BCUT2D eigenvalue weighted by atomic mass is 9.92. The molecule has 1 aliphatic heterocycles.